The van der Waals surface area contributed by atoms with E-state index in [2.05, 4.69) is 20.9 Å². The summed E-state index contributed by atoms with van der Waals surface area (Å²) in [7, 11) is 0. The van der Waals surface area contributed by atoms with Crippen LogP contribution in [0.1, 0.15) is 10.5 Å². The zero-order valence-electron chi connectivity index (χ0n) is 6.73. The molecule has 6 heteroatoms. The first-order chi connectivity index (χ1) is 6.68. The van der Waals surface area contributed by atoms with E-state index in [1.54, 1.807) is 12.1 Å². The van der Waals surface area contributed by atoms with Crippen LogP contribution in [0.25, 0.3) is 11.5 Å². The van der Waals surface area contributed by atoms with Crippen LogP contribution in [0.4, 0.5) is 0 Å². The molecule has 0 aliphatic rings. The van der Waals surface area contributed by atoms with Crippen molar-refractivity contribution in [3.05, 3.63) is 28.9 Å². The number of hydrogen-bond acceptors (Lipinski definition) is 4. The highest BCUT2D eigenvalue weighted by Gasteiger charge is 2.19. The minimum atomic E-state index is -1.15. The monoisotopic (exact) mass is 257 g/mol. The molecule has 0 saturated carbocycles. The SMILES string of the molecule is O=C(O)c1ncoc1-c1ccc(Br)o1. The van der Waals surface area contributed by atoms with Crippen molar-refractivity contribution in [3.63, 3.8) is 0 Å². The number of oxazole rings is 1. The third kappa shape index (κ3) is 1.44. The Bertz CT molecular complexity index is 473. The van der Waals surface area contributed by atoms with E-state index >= 15 is 0 Å². The lowest BCUT2D eigenvalue weighted by molar-refractivity contribution is 0.0691. The summed E-state index contributed by atoms with van der Waals surface area (Å²) in [4.78, 5) is 14.2. The smallest absolute Gasteiger partial charge is 0.358 e. The molecule has 5 nitrogen and oxygen atoms in total. The van der Waals surface area contributed by atoms with Crippen LogP contribution in [0.5, 0.6) is 0 Å². The van der Waals surface area contributed by atoms with Crippen LogP contribution in [0.2, 0.25) is 0 Å². The standard InChI is InChI=1S/C8H4BrNO4/c9-5-2-1-4(14-5)7-6(8(11)12)10-3-13-7/h1-3H,(H,11,12). The zero-order chi connectivity index (χ0) is 10.1. The Morgan fingerprint density at radius 1 is 1.50 bits per heavy atom. The molecule has 2 aromatic rings. The molecule has 1 N–H and O–H groups in total. The van der Waals surface area contributed by atoms with Crippen LogP contribution in [-0.4, -0.2) is 16.1 Å². The first-order valence-corrected chi connectivity index (χ1v) is 4.40. The molecule has 0 aliphatic heterocycles. The summed E-state index contributed by atoms with van der Waals surface area (Å²) in [5.74, 6) is -0.712. The molecular formula is C8H4BrNO4. The van der Waals surface area contributed by atoms with Gasteiger partial charge in [0.05, 0.1) is 0 Å². The number of rotatable bonds is 2. The number of aromatic nitrogens is 1. The predicted octanol–water partition coefficient (Wildman–Crippen LogP) is 2.40. The van der Waals surface area contributed by atoms with E-state index in [1.165, 1.54) is 0 Å². The Balaban J connectivity index is 2.51. The van der Waals surface area contributed by atoms with Crippen molar-refractivity contribution in [2.24, 2.45) is 0 Å². The zero-order valence-corrected chi connectivity index (χ0v) is 8.32. The van der Waals surface area contributed by atoms with Crippen molar-refractivity contribution in [1.29, 1.82) is 0 Å². The lowest BCUT2D eigenvalue weighted by Gasteiger charge is -1.91. The van der Waals surface area contributed by atoms with Gasteiger partial charge in [0.15, 0.2) is 22.5 Å². The average molecular weight is 258 g/mol. The van der Waals surface area contributed by atoms with Crippen molar-refractivity contribution in [2.75, 3.05) is 0 Å². The van der Waals surface area contributed by atoms with Crippen molar-refractivity contribution in [3.8, 4) is 11.5 Å². The maximum absolute atomic E-state index is 10.7. The fourth-order valence-corrected chi connectivity index (χ4v) is 1.32. The third-order valence-corrected chi connectivity index (χ3v) is 1.99. The number of hydrogen-bond donors (Lipinski definition) is 1. The molecule has 72 valence electrons. The fourth-order valence-electron chi connectivity index (χ4n) is 1.01. The number of carboxylic acid groups (broad SMARTS) is 1. The van der Waals surface area contributed by atoms with E-state index in [1.807, 2.05) is 0 Å². The molecule has 0 fully saturated rings. The van der Waals surface area contributed by atoms with Gasteiger partial charge in [0.2, 0.25) is 5.76 Å². The minimum Gasteiger partial charge on any atom is -0.476 e. The van der Waals surface area contributed by atoms with Crippen LogP contribution < -0.4 is 0 Å². The van der Waals surface area contributed by atoms with Crippen LogP contribution in [0.3, 0.4) is 0 Å². The summed E-state index contributed by atoms with van der Waals surface area (Å²) >= 11 is 3.10. The molecule has 2 aromatic heterocycles. The Hall–Kier alpha value is -1.56. The first kappa shape index (κ1) is 9.01. The summed E-state index contributed by atoms with van der Waals surface area (Å²) in [6, 6.07) is 3.24. The lowest BCUT2D eigenvalue weighted by atomic mass is 10.3. The molecule has 0 bridgehead atoms. The van der Waals surface area contributed by atoms with Crippen molar-refractivity contribution in [1.82, 2.24) is 4.98 Å². The van der Waals surface area contributed by atoms with Gasteiger partial charge in [-0.3, -0.25) is 0 Å². The maximum Gasteiger partial charge on any atom is 0.358 e. The van der Waals surface area contributed by atoms with Crippen LogP contribution >= 0.6 is 15.9 Å². The summed E-state index contributed by atoms with van der Waals surface area (Å²) < 4.78 is 10.6. The summed E-state index contributed by atoms with van der Waals surface area (Å²) in [5, 5.41) is 8.75. The Morgan fingerprint density at radius 3 is 2.86 bits per heavy atom. The van der Waals surface area contributed by atoms with Crippen LogP contribution in [-0.2, 0) is 0 Å². The van der Waals surface area contributed by atoms with Gasteiger partial charge in [-0.1, -0.05) is 0 Å². The second kappa shape index (κ2) is 3.30. The molecule has 14 heavy (non-hydrogen) atoms. The Kier molecular flexibility index (Phi) is 2.12. The van der Waals surface area contributed by atoms with Gasteiger partial charge in [-0.2, -0.15) is 0 Å². The molecule has 0 saturated heterocycles. The average Bonchev–Trinajstić information content (AvgIpc) is 2.70. The van der Waals surface area contributed by atoms with Gasteiger partial charge in [-0.15, -0.1) is 0 Å². The highest BCUT2D eigenvalue weighted by atomic mass is 79.9. The number of nitrogens with zero attached hydrogens (tertiary/aromatic N) is 1. The lowest BCUT2D eigenvalue weighted by Crippen LogP contribution is -1.97. The Morgan fingerprint density at radius 2 is 2.29 bits per heavy atom. The number of carboxylic acids is 1. The number of halogens is 1. The van der Waals surface area contributed by atoms with E-state index < -0.39 is 5.97 Å². The van der Waals surface area contributed by atoms with E-state index in [0.717, 1.165) is 6.39 Å². The minimum absolute atomic E-state index is 0.114. The van der Waals surface area contributed by atoms with Gasteiger partial charge in [0, 0.05) is 0 Å². The van der Waals surface area contributed by atoms with Gasteiger partial charge in [0.1, 0.15) is 0 Å². The van der Waals surface area contributed by atoms with Gasteiger partial charge in [-0.05, 0) is 28.1 Å². The van der Waals surface area contributed by atoms with Gasteiger partial charge >= 0.3 is 5.97 Å². The third-order valence-electron chi connectivity index (χ3n) is 1.57. The fraction of sp³-hybridized carbons (Fsp3) is 0. The van der Waals surface area contributed by atoms with E-state index in [0.29, 0.717) is 10.4 Å². The van der Waals surface area contributed by atoms with E-state index in [-0.39, 0.29) is 11.5 Å². The molecule has 0 spiro atoms. The van der Waals surface area contributed by atoms with Gasteiger partial charge in [0.25, 0.3) is 0 Å². The summed E-state index contributed by atoms with van der Waals surface area (Å²) in [6.07, 6.45) is 1.06. The molecule has 0 unspecified atom stereocenters. The summed E-state index contributed by atoms with van der Waals surface area (Å²) in [5.41, 5.74) is -0.160. The molecule has 0 radical (unpaired) electrons. The largest absolute Gasteiger partial charge is 0.476 e. The summed E-state index contributed by atoms with van der Waals surface area (Å²) in [6.45, 7) is 0. The molecule has 0 aliphatic carbocycles. The van der Waals surface area contributed by atoms with Crippen molar-refractivity contribution in [2.45, 2.75) is 0 Å². The first-order valence-electron chi connectivity index (χ1n) is 3.61. The molecule has 2 rings (SSSR count). The van der Waals surface area contributed by atoms with E-state index in [9.17, 15) is 4.79 Å². The second-order valence-electron chi connectivity index (χ2n) is 2.44. The van der Waals surface area contributed by atoms with Crippen LogP contribution in [0.15, 0.2) is 32.0 Å². The number of carbonyl (C=O) groups is 1. The molecular weight excluding hydrogens is 254 g/mol. The molecule has 0 atom stereocenters. The highest BCUT2D eigenvalue weighted by Crippen LogP contribution is 2.27. The topological polar surface area (TPSA) is 76.5 Å². The van der Waals surface area contributed by atoms with Crippen molar-refractivity contribution >= 4 is 21.9 Å². The normalized spacial score (nSPS) is 10.4. The predicted molar refractivity (Wildman–Crippen MR) is 48.9 cm³/mol. The van der Waals surface area contributed by atoms with Crippen molar-refractivity contribution < 1.29 is 18.7 Å². The highest BCUT2D eigenvalue weighted by molar-refractivity contribution is 9.10. The van der Waals surface area contributed by atoms with E-state index in [4.69, 9.17) is 13.9 Å². The molecule has 2 heterocycles. The maximum atomic E-state index is 10.7. The van der Waals surface area contributed by atoms with Crippen LogP contribution in [0, 0.1) is 0 Å². The quantitative estimate of drug-likeness (QED) is 0.894. The number of aromatic carboxylic acids is 1. The van der Waals surface area contributed by atoms with Gasteiger partial charge in [-0.25, -0.2) is 9.78 Å². The second-order valence-corrected chi connectivity index (χ2v) is 3.22. The molecule has 0 aromatic carbocycles. The molecule has 0 amide bonds. The Labute approximate surface area is 86.5 Å². The number of furan rings is 1. The van der Waals surface area contributed by atoms with Gasteiger partial charge < -0.3 is 13.9 Å².